The number of carbonyl (C=O) groups is 1. The van der Waals surface area contributed by atoms with Crippen LogP contribution in [-0.4, -0.2) is 17.6 Å². The summed E-state index contributed by atoms with van der Waals surface area (Å²) in [5, 5.41) is 14.5. The Morgan fingerprint density at radius 2 is 1.84 bits per heavy atom. The zero-order chi connectivity index (χ0) is 18.1. The zero-order valence-corrected chi connectivity index (χ0v) is 14.7. The van der Waals surface area contributed by atoms with Crippen LogP contribution in [0.4, 0.5) is 5.69 Å². The lowest BCUT2D eigenvalue weighted by Gasteiger charge is -2.10. The number of nitriles is 1. The molecule has 0 aliphatic carbocycles. The van der Waals surface area contributed by atoms with Crippen LogP contribution < -0.4 is 15.4 Å². The fourth-order valence-electron chi connectivity index (χ4n) is 2.06. The molecule has 1 amide bonds. The van der Waals surface area contributed by atoms with E-state index in [4.69, 9.17) is 22.2 Å². The average Bonchev–Trinajstić information content (AvgIpc) is 2.62. The normalized spacial score (nSPS) is 9.76. The molecule has 0 atom stereocenters. The van der Waals surface area contributed by atoms with Crippen molar-refractivity contribution >= 4 is 28.9 Å². The van der Waals surface area contributed by atoms with Gasteiger partial charge < -0.3 is 10.1 Å². The van der Waals surface area contributed by atoms with Crippen LogP contribution in [0.5, 0.6) is 5.75 Å². The molecule has 2 aromatic rings. The summed E-state index contributed by atoms with van der Waals surface area (Å²) in [6.45, 7) is 2.68. The molecule has 0 radical (unpaired) electrons. The predicted molar refractivity (Wildman–Crippen MR) is 102 cm³/mol. The van der Waals surface area contributed by atoms with Crippen LogP contribution in [0.1, 0.15) is 29.3 Å². The molecule has 0 saturated carbocycles. The first-order valence-corrected chi connectivity index (χ1v) is 8.34. The second-order valence-corrected chi connectivity index (χ2v) is 5.72. The molecule has 0 aromatic heterocycles. The number of nitrogens with zero attached hydrogens (tertiary/aromatic N) is 1. The Kier molecular flexibility index (Phi) is 6.93. The van der Waals surface area contributed by atoms with Crippen molar-refractivity contribution in [2.24, 2.45) is 0 Å². The molecule has 25 heavy (non-hydrogen) atoms. The van der Waals surface area contributed by atoms with E-state index in [1.807, 2.05) is 31.2 Å². The summed E-state index contributed by atoms with van der Waals surface area (Å²) in [6, 6.07) is 16.3. The van der Waals surface area contributed by atoms with Crippen LogP contribution in [0, 0.1) is 11.3 Å². The van der Waals surface area contributed by atoms with E-state index in [0.717, 1.165) is 23.4 Å². The number of nitrogens with one attached hydrogen (secondary N) is 2. The summed E-state index contributed by atoms with van der Waals surface area (Å²) >= 11 is 5.16. The minimum Gasteiger partial charge on any atom is -0.494 e. The fraction of sp³-hybridized carbons (Fsp3) is 0.211. The molecule has 0 spiro atoms. The Hall–Kier alpha value is -2.91. The Balaban J connectivity index is 1.89. The summed E-state index contributed by atoms with van der Waals surface area (Å²) in [5.74, 6) is 0.442. The predicted octanol–water partition coefficient (Wildman–Crippen LogP) is 3.67. The lowest BCUT2D eigenvalue weighted by atomic mass is 10.1. The van der Waals surface area contributed by atoms with Gasteiger partial charge in [-0.05, 0) is 60.6 Å². The third-order valence-electron chi connectivity index (χ3n) is 3.31. The smallest absolute Gasteiger partial charge is 0.257 e. The summed E-state index contributed by atoms with van der Waals surface area (Å²) in [7, 11) is 0. The van der Waals surface area contributed by atoms with Gasteiger partial charge in [0, 0.05) is 11.3 Å². The Bertz CT molecular complexity index is 765. The van der Waals surface area contributed by atoms with Crippen molar-refractivity contribution in [1.82, 2.24) is 5.32 Å². The first-order chi connectivity index (χ1) is 12.1. The number of carbonyl (C=O) groups excluding carboxylic acids is 1. The third kappa shape index (κ3) is 5.90. The second kappa shape index (κ2) is 9.40. The van der Waals surface area contributed by atoms with Gasteiger partial charge in [0.05, 0.1) is 19.1 Å². The van der Waals surface area contributed by atoms with Crippen LogP contribution >= 0.6 is 12.2 Å². The average molecular weight is 353 g/mol. The van der Waals surface area contributed by atoms with Crippen LogP contribution in [-0.2, 0) is 6.42 Å². The molecule has 2 aromatic carbocycles. The van der Waals surface area contributed by atoms with E-state index in [9.17, 15) is 4.79 Å². The summed E-state index contributed by atoms with van der Waals surface area (Å²) in [6.07, 6.45) is 1.29. The van der Waals surface area contributed by atoms with Crippen LogP contribution in [0.15, 0.2) is 48.5 Å². The minimum atomic E-state index is -0.291. The highest BCUT2D eigenvalue weighted by molar-refractivity contribution is 7.80. The molecule has 0 fully saturated rings. The monoisotopic (exact) mass is 353 g/mol. The van der Waals surface area contributed by atoms with Gasteiger partial charge in [-0.1, -0.05) is 19.1 Å². The highest BCUT2D eigenvalue weighted by Gasteiger charge is 2.08. The molecule has 5 nitrogen and oxygen atoms in total. The van der Waals surface area contributed by atoms with E-state index >= 15 is 0 Å². The standard InChI is InChI=1S/C19H19N3O2S/c1-2-13-24-17-9-5-15(6-10-17)18(23)22-19(25)21-16-7-3-14(4-8-16)11-12-20/h3-10H,2,11,13H2,1H3,(H2,21,22,23,25). The number of thiocarbonyl (C=S) groups is 1. The van der Waals surface area contributed by atoms with E-state index in [0.29, 0.717) is 18.6 Å². The van der Waals surface area contributed by atoms with Crippen molar-refractivity contribution in [3.63, 3.8) is 0 Å². The van der Waals surface area contributed by atoms with E-state index in [1.54, 1.807) is 24.3 Å². The van der Waals surface area contributed by atoms with Crippen molar-refractivity contribution < 1.29 is 9.53 Å². The van der Waals surface area contributed by atoms with Gasteiger partial charge in [-0.25, -0.2) is 0 Å². The Labute approximate surface area is 152 Å². The Morgan fingerprint density at radius 1 is 1.16 bits per heavy atom. The quantitative estimate of drug-likeness (QED) is 0.775. The minimum absolute atomic E-state index is 0.212. The molecule has 2 N–H and O–H groups in total. The van der Waals surface area contributed by atoms with Crippen molar-refractivity contribution in [1.29, 1.82) is 5.26 Å². The number of ether oxygens (including phenoxy) is 1. The van der Waals surface area contributed by atoms with Gasteiger partial charge >= 0.3 is 0 Å². The van der Waals surface area contributed by atoms with Crippen LogP contribution in [0.25, 0.3) is 0 Å². The SMILES string of the molecule is CCCOc1ccc(C(=O)NC(=S)Nc2ccc(CC#N)cc2)cc1. The zero-order valence-electron chi connectivity index (χ0n) is 13.9. The lowest BCUT2D eigenvalue weighted by Crippen LogP contribution is -2.34. The van der Waals surface area contributed by atoms with E-state index in [-0.39, 0.29) is 11.0 Å². The van der Waals surface area contributed by atoms with E-state index in [2.05, 4.69) is 16.7 Å². The second-order valence-electron chi connectivity index (χ2n) is 5.31. The highest BCUT2D eigenvalue weighted by Crippen LogP contribution is 2.13. The van der Waals surface area contributed by atoms with Gasteiger partial charge in [-0.2, -0.15) is 5.26 Å². The maximum atomic E-state index is 12.2. The van der Waals surface area contributed by atoms with Crippen LogP contribution in [0.2, 0.25) is 0 Å². The van der Waals surface area contributed by atoms with Gasteiger partial charge in [0.1, 0.15) is 5.75 Å². The number of hydrogen-bond acceptors (Lipinski definition) is 4. The maximum Gasteiger partial charge on any atom is 0.257 e. The molecule has 0 unspecified atom stereocenters. The molecule has 0 bridgehead atoms. The maximum absolute atomic E-state index is 12.2. The molecule has 0 aliphatic heterocycles. The molecule has 0 aliphatic rings. The first kappa shape index (κ1) is 18.4. The first-order valence-electron chi connectivity index (χ1n) is 7.93. The number of rotatable bonds is 6. The Morgan fingerprint density at radius 3 is 2.44 bits per heavy atom. The van der Waals surface area contributed by atoms with Crippen molar-refractivity contribution in [3.8, 4) is 11.8 Å². The van der Waals surface area contributed by atoms with Crippen molar-refractivity contribution in [2.75, 3.05) is 11.9 Å². The molecule has 128 valence electrons. The summed E-state index contributed by atoms with van der Waals surface area (Å²) in [4.78, 5) is 12.2. The number of anilines is 1. The highest BCUT2D eigenvalue weighted by atomic mass is 32.1. The van der Waals surface area contributed by atoms with Gasteiger partial charge in [-0.3, -0.25) is 10.1 Å². The molecule has 0 saturated heterocycles. The third-order valence-corrected chi connectivity index (χ3v) is 3.52. The molecular weight excluding hydrogens is 334 g/mol. The molecule has 0 heterocycles. The van der Waals surface area contributed by atoms with E-state index in [1.165, 1.54) is 0 Å². The molecule has 6 heteroatoms. The van der Waals surface area contributed by atoms with Gasteiger partial charge in [0.15, 0.2) is 5.11 Å². The molecule has 2 rings (SSSR count). The summed E-state index contributed by atoms with van der Waals surface area (Å²) in [5.41, 5.74) is 2.17. The van der Waals surface area contributed by atoms with Crippen LogP contribution in [0.3, 0.4) is 0 Å². The number of amides is 1. The van der Waals surface area contributed by atoms with Gasteiger partial charge in [0.2, 0.25) is 0 Å². The van der Waals surface area contributed by atoms with Gasteiger partial charge in [-0.15, -0.1) is 0 Å². The van der Waals surface area contributed by atoms with E-state index < -0.39 is 0 Å². The molecular formula is C19H19N3O2S. The topological polar surface area (TPSA) is 74.2 Å². The van der Waals surface area contributed by atoms with Gasteiger partial charge in [0.25, 0.3) is 5.91 Å². The van der Waals surface area contributed by atoms with Crippen molar-refractivity contribution in [2.45, 2.75) is 19.8 Å². The largest absolute Gasteiger partial charge is 0.494 e. The lowest BCUT2D eigenvalue weighted by molar-refractivity contribution is 0.0977. The number of benzene rings is 2. The fourth-order valence-corrected chi connectivity index (χ4v) is 2.27. The number of hydrogen-bond donors (Lipinski definition) is 2. The summed E-state index contributed by atoms with van der Waals surface area (Å²) < 4.78 is 5.49. The van der Waals surface area contributed by atoms with Crippen molar-refractivity contribution in [3.05, 3.63) is 59.7 Å².